The lowest BCUT2D eigenvalue weighted by atomic mass is 10.1. The number of carbonyl (C=O) groups is 1. The second-order valence-corrected chi connectivity index (χ2v) is 7.67. The number of likely N-dealkylation sites (tertiary alicyclic amines) is 1. The molecule has 2 rings (SSSR count). The number of rotatable bonds is 3. The number of esters is 1. The highest BCUT2D eigenvalue weighted by atomic mass is 35.5. The van der Waals surface area contributed by atoms with Crippen LogP contribution in [0.25, 0.3) is 0 Å². The summed E-state index contributed by atoms with van der Waals surface area (Å²) in [6, 6.07) is 3.82. The largest absolute Gasteiger partial charge is 0.459 e. The van der Waals surface area contributed by atoms with Crippen LogP contribution in [0.1, 0.15) is 38.5 Å². The molecule has 2 heterocycles. The van der Waals surface area contributed by atoms with Crippen molar-refractivity contribution in [2.24, 2.45) is 0 Å². The zero-order chi connectivity index (χ0) is 14.0. The van der Waals surface area contributed by atoms with E-state index in [1.807, 2.05) is 32.9 Å². The number of carbonyl (C=O) groups excluding carboxylic acids is 1. The van der Waals surface area contributed by atoms with Crippen LogP contribution in [0.15, 0.2) is 12.1 Å². The van der Waals surface area contributed by atoms with Crippen LogP contribution in [0.4, 0.5) is 0 Å². The first kappa shape index (κ1) is 14.8. The summed E-state index contributed by atoms with van der Waals surface area (Å²) in [4.78, 5) is 15.6. The fraction of sp³-hybridized carbons (Fsp3) is 0.643. The highest BCUT2D eigenvalue weighted by Crippen LogP contribution is 2.27. The molecule has 0 aromatic carbocycles. The molecule has 1 fully saturated rings. The predicted molar refractivity (Wildman–Crippen MR) is 78.6 cm³/mol. The Kier molecular flexibility index (Phi) is 4.54. The van der Waals surface area contributed by atoms with Crippen molar-refractivity contribution in [3.63, 3.8) is 0 Å². The first-order valence-corrected chi connectivity index (χ1v) is 7.76. The first-order chi connectivity index (χ1) is 8.85. The van der Waals surface area contributed by atoms with Crippen LogP contribution < -0.4 is 0 Å². The van der Waals surface area contributed by atoms with E-state index in [1.54, 1.807) is 11.3 Å². The van der Waals surface area contributed by atoms with Crippen molar-refractivity contribution in [1.29, 1.82) is 0 Å². The van der Waals surface area contributed by atoms with Crippen LogP contribution in [-0.4, -0.2) is 29.1 Å². The molecule has 0 bridgehead atoms. The highest BCUT2D eigenvalue weighted by molar-refractivity contribution is 7.16. The average molecular weight is 302 g/mol. The number of ether oxygens (including phenoxy) is 1. The molecule has 0 radical (unpaired) electrons. The third kappa shape index (κ3) is 4.20. The summed E-state index contributed by atoms with van der Waals surface area (Å²) >= 11 is 7.51. The van der Waals surface area contributed by atoms with E-state index in [0.29, 0.717) is 0 Å². The van der Waals surface area contributed by atoms with Gasteiger partial charge >= 0.3 is 5.97 Å². The number of nitrogens with zero attached hydrogens (tertiary/aromatic N) is 1. The van der Waals surface area contributed by atoms with E-state index in [9.17, 15) is 4.79 Å². The van der Waals surface area contributed by atoms with Crippen LogP contribution in [0.5, 0.6) is 0 Å². The van der Waals surface area contributed by atoms with Crippen LogP contribution in [0, 0.1) is 0 Å². The Bertz CT molecular complexity index is 453. The van der Waals surface area contributed by atoms with E-state index in [4.69, 9.17) is 16.3 Å². The molecule has 1 aliphatic heterocycles. The molecule has 1 saturated heterocycles. The monoisotopic (exact) mass is 301 g/mol. The minimum absolute atomic E-state index is 0.104. The van der Waals surface area contributed by atoms with Gasteiger partial charge in [-0.2, -0.15) is 0 Å². The fourth-order valence-electron chi connectivity index (χ4n) is 2.29. The lowest BCUT2D eigenvalue weighted by molar-refractivity contribution is -0.160. The molecule has 3 nitrogen and oxygen atoms in total. The fourth-order valence-corrected chi connectivity index (χ4v) is 3.40. The molecule has 1 aromatic rings. The molecule has 0 saturated carbocycles. The summed E-state index contributed by atoms with van der Waals surface area (Å²) in [6.45, 7) is 7.44. The SMILES string of the molecule is CC(C)(C)OC(=O)[C@@H]1CCCN1Cc1ccc(Cl)s1. The maximum atomic E-state index is 12.2. The molecular weight excluding hydrogens is 282 g/mol. The van der Waals surface area contributed by atoms with Crippen LogP contribution in [0.2, 0.25) is 4.34 Å². The smallest absolute Gasteiger partial charge is 0.323 e. The average Bonchev–Trinajstić information content (AvgIpc) is 2.86. The molecule has 0 amide bonds. The van der Waals surface area contributed by atoms with Gasteiger partial charge in [0.15, 0.2) is 0 Å². The molecule has 0 N–H and O–H groups in total. The van der Waals surface area contributed by atoms with Gasteiger partial charge in [-0.3, -0.25) is 9.69 Å². The van der Waals surface area contributed by atoms with Crippen molar-refractivity contribution in [1.82, 2.24) is 4.90 Å². The molecule has 19 heavy (non-hydrogen) atoms. The number of thiophene rings is 1. The van der Waals surface area contributed by atoms with E-state index < -0.39 is 5.60 Å². The standard InChI is InChI=1S/C14H20ClNO2S/c1-14(2,3)18-13(17)11-5-4-8-16(11)9-10-6-7-12(15)19-10/h6-7,11H,4-5,8-9H2,1-3H3/t11-/m0/s1. The third-order valence-electron chi connectivity index (χ3n) is 3.03. The van der Waals surface area contributed by atoms with Crippen LogP contribution in [-0.2, 0) is 16.1 Å². The second-order valence-electron chi connectivity index (χ2n) is 5.87. The third-order valence-corrected chi connectivity index (χ3v) is 4.25. The minimum Gasteiger partial charge on any atom is -0.459 e. The molecule has 0 unspecified atom stereocenters. The molecule has 5 heteroatoms. The van der Waals surface area contributed by atoms with E-state index in [-0.39, 0.29) is 12.0 Å². The van der Waals surface area contributed by atoms with E-state index in [0.717, 1.165) is 30.3 Å². The quantitative estimate of drug-likeness (QED) is 0.797. The second kappa shape index (κ2) is 5.81. The Morgan fingerprint density at radius 3 is 2.84 bits per heavy atom. The van der Waals surface area contributed by atoms with Gasteiger partial charge in [-0.05, 0) is 52.3 Å². The Hall–Kier alpha value is -0.580. The predicted octanol–water partition coefficient (Wildman–Crippen LogP) is 3.71. The maximum absolute atomic E-state index is 12.2. The van der Waals surface area contributed by atoms with Crippen molar-refractivity contribution in [3.05, 3.63) is 21.3 Å². The maximum Gasteiger partial charge on any atom is 0.323 e. The lowest BCUT2D eigenvalue weighted by Gasteiger charge is -2.27. The summed E-state index contributed by atoms with van der Waals surface area (Å²) in [7, 11) is 0. The van der Waals surface area contributed by atoms with Gasteiger partial charge in [0.25, 0.3) is 0 Å². The van der Waals surface area contributed by atoms with Gasteiger partial charge < -0.3 is 4.74 Å². The lowest BCUT2D eigenvalue weighted by Crippen LogP contribution is -2.39. The Morgan fingerprint density at radius 1 is 1.53 bits per heavy atom. The van der Waals surface area contributed by atoms with Crippen LogP contribution >= 0.6 is 22.9 Å². The molecule has 106 valence electrons. The van der Waals surface area contributed by atoms with Gasteiger partial charge in [-0.25, -0.2) is 0 Å². The minimum atomic E-state index is -0.419. The van der Waals surface area contributed by atoms with Gasteiger partial charge in [0, 0.05) is 11.4 Å². The van der Waals surface area contributed by atoms with Crippen molar-refractivity contribution in [3.8, 4) is 0 Å². The molecule has 1 atom stereocenters. The number of halogens is 1. The zero-order valence-electron chi connectivity index (χ0n) is 11.6. The summed E-state index contributed by atoms with van der Waals surface area (Å²) in [5.41, 5.74) is -0.419. The molecule has 0 spiro atoms. The Morgan fingerprint density at radius 2 is 2.26 bits per heavy atom. The number of hydrogen-bond donors (Lipinski definition) is 0. The Labute approximate surface area is 123 Å². The molecule has 1 aliphatic rings. The summed E-state index contributed by atoms with van der Waals surface area (Å²) in [5, 5.41) is 0. The number of hydrogen-bond acceptors (Lipinski definition) is 4. The van der Waals surface area contributed by atoms with Gasteiger partial charge in [0.1, 0.15) is 11.6 Å². The van der Waals surface area contributed by atoms with Gasteiger partial charge in [0.2, 0.25) is 0 Å². The van der Waals surface area contributed by atoms with Crippen molar-refractivity contribution in [2.45, 2.75) is 51.8 Å². The van der Waals surface area contributed by atoms with Gasteiger partial charge in [0.05, 0.1) is 4.34 Å². The van der Waals surface area contributed by atoms with E-state index in [2.05, 4.69) is 4.90 Å². The highest BCUT2D eigenvalue weighted by Gasteiger charge is 2.34. The van der Waals surface area contributed by atoms with Crippen molar-refractivity contribution < 1.29 is 9.53 Å². The molecule has 1 aromatic heterocycles. The summed E-state index contributed by atoms with van der Waals surface area (Å²) in [5.74, 6) is -0.104. The van der Waals surface area contributed by atoms with Crippen molar-refractivity contribution in [2.75, 3.05) is 6.54 Å². The first-order valence-electron chi connectivity index (χ1n) is 6.56. The summed E-state index contributed by atoms with van der Waals surface area (Å²) < 4.78 is 6.29. The molecule has 0 aliphatic carbocycles. The normalized spacial score (nSPS) is 20.7. The Balaban J connectivity index is 1.98. The topological polar surface area (TPSA) is 29.5 Å². The summed E-state index contributed by atoms with van der Waals surface area (Å²) in [6.07, 6.45) is 1.93. The van der Waals surface area contributed by atoms with Gasteiger partial charge in [-0.15, -0.1) is 11.3 Å². The molecular formula is C14H20ClNO2S. The van der Waals surface area contributed by atoms with Gasteiger partial charge in [-0.1, -0.05) is 11.6 Å². The van der Waals surface area contributed by atoms with E-state index in [1.165, 1.54) is 4.88 Å². The van der Waals surface area contributed by atoms with E-state index >= 15 is 0 Å². The van der Waals surface area contributed by atoms with Crippen LogP contribution in [0.3, 0.4) is 0 Å². The van der Waals surface area contributed by atoms with Crippen molar-refractivity contribution >= 4 is 28.9 Å². The zero-order valence-corrected chi connectivity index (χ0v) is 13.2.